The zero-order valence-corrected chi connectivity index (χ0v) is 10.2. The first-order chi connectivity index (χ1) is 7.99. The molecule has 6 heteroatoms. The monoisotopic (exact) mass is 238 g/mol. The van der Waals surface area contributed by atoms with Gasteiger partial charge in [-0.3, -0.25) is 14.3 Å². The van der Waals surface area contributed by atoms with Crippen LogP contribution in [0.2, 0.25) is 0 Å². The van der Waals surface area contributed by atoms with Crippen LogP contribution in [0.1, 0.15) is 26.2 Å². The third-order valence-electron chi connectivity index (χ3n) is 3.72. The van der Waals surface area contributed by atoms with Crippen molar-refractivity contribution in [3.63, 3.8) is 0 Å². The number of nitrogens with zero attached hydrogens (tertiary/aromatic N) is 1. The summed E-state index contributed by atoms with van der Waals surface area (Å²) in [6.45, 7) is 2.87. The Balaban J connectivity index is 2.24. The van der Waals surface area contributed by atoms with Crippen molar-refractivity contribution >= 4 is 11.5 Å². The van der Waals surface area contributed by atoms with Crippen LogP contribution in [0.25, 0.3) is 0 Å². The first-order valence-corrected chi connectivity index (χ1v) is 5.82. The van der Waals surface area contributed by atoms with Crippen molar-refractivity contribution in [1.82, 2.24) is 9.55 Å². The van der Waals surface area contributed by atoms with E-state index in [1.807, 2.05) is 0 Å². The SMILES string of the molecule is CCC1(CNc2c(N)n(C)c(=O)[nH]c2=O)CC1. The van der Waals surface area contributed by atoms with Gasteiger partial charge in [0.15, 0.2) is 0 Å². The van der Waals surface area contributed by atoms with E-state index in [1.165, 1.54) is 24.5 Å². The van der Waals surface area contributed by atoms with Crippen LogP contribution >= 0.6 is 0 Å². The van der Waals surface area contributed by atoms with E-state index in [4.69, 9.17) is 5.73 Å². The van der Waals surface area contributed by atoms with Crippen molar-refractivity contribution in [2.24, 2.45) is 12.5 Å². The van der Waals surface area contributed by atoms with Crippen LogP contribution in [0.3, 0.4) is 0 Å². The smallest absolute Gasteiger partial charge is 0.329 e. The standard InChI is InChI=1S/C11H18N4O2/c1-3-11(4-5-11)6-13-7-8(12)15(2)10(17)14-9(7)16/h13H,3-6,12H2,1-2H3,(H,14,16,17). The van der Waals surface area contributed by atoms with E-state index in [9.17, 15) is 9.59 Å². The van der Waals surface area contributed by atoms with Gasteiger partial charge >= 0.3 is 5.69 Å². The molecule has 1 aromatic heterocycles. The van der Waals surface area contributed by atoms with Gasteiger partial charge in [-0.25, -0.2) is 4.79 Å². The number of hydrogen-bond acceptors (Lipinski definition) is 4. The second-order valence-electron chi connectivity index (χ2n) is 4.79. The van der Waals surface area contributed by atoms with Crippen molar-refractivity contribution < 1.29 is 0 Å². The van der Waals surface area contributed by atoms with E-state index >= 15 is 0 Å². The summed E-state index contributed by atoms with van der Waals surface area (Å²) in [6, 6.07) is 0. The molecule has 0 aliphatic heterocycles. The predicted molar refractivity (Wildman–Crippen MR) is 67.2 cm³/mol. The van der Waals surface area contributed by atoms with Gasteiger partial charge in [-0.1, -0.05) is 6.92 Å². The molecular formula is C11H18N4O2. The predicted octanol–water partition coefficient (Wildman–Crippen LogP) is 0.258. The maximum absolute atomic E-state index is 11.6. The van der Waals surface area contributed by atoms with Gasteiger partial charge in [-0.05, 0) is 24.7 Å². The number of nitrogens with one attached hydrogen (secondary N) is 2. The van der Waals surface area contributed by atoms with Crippen molar-refractivity contribution in [1.29, 1.82) is 0 Å². The van der Waals surface area contributed by atoms with E-state index < -0.39 is 11.2 Å². The van der Waals surface area contributed by atoms with Crippen LogP contribution < -0.4 is 22.3 Å². The number of aromatic amines is 1. The third kappa shape index (κ3) is 2.07. The highest BCUT2D eigenvalue weighted by molar-refractivity contribution is 5.60. The van der Waals surface area contributed by atoms with Gasteiger partial charge in [0.1, 0.15) is 11.5 Å². The molecule has 17 heavy (non-hydrogen) atoms. The van der Waals surface area contributed by atoms with E-state index in [2.05, 4.69) is 17.2 Å². The molecule has 1 fully saturated rings. The van der Waals surface area contributed by atoms with Gasteiger partial charge < -0.3 is 11.1 Å². The minimum absolute atomic E-state index is 0.186. The first-order valence-electron chi connectivity index (χ1n) is 5.82. The minimum atomic E-state index is -0.491. The number of rotatable bonds is 4. The highest BCUT2D eigenvalue weighted by atomic mass is 16.2. The molecule has 0 unspecified atom stereocenters. The van der Waals surface area contributed by atoms with Crippen LogP contribution in [0.15, 0.2) is 9.59 Å². The first kappa shape index (κ1) is 11.8. The molecule has 1 aromatic rings. The molecule has 6 nitrogen and oxygen atoms in total. The van der Waals surface area contributed by atoms with Gasteiger partial charge in [0.25, 0.3) is 5.56 Å². The van der Waals surface area contributed by atoms with Crippen molar-refractivity contribution in [2.75, 3.05) is 17.6 Å². The summed E-state index contributed by atoms with van der Waals surface area (Å²) in [5.74, 6) is 0.186. The topological polar surface area (TPSA) is 92.9 Å². The van der Waals surface area contributed by atoms with E-state index in [0.717, 1.165) is 13.0 Å². The van der Waals surface area contributed by atoms with Gasteiger partial charge in [-0.2, -0.15) is 0 Å². The maximum atomic E-state index is 11.6. The average molecular weight is 238 g/mol. The number of nitrogens with two attached hydrogens (primary N) is 1. The Morgan fingerprint density at radius 1 is 1.47 bits per heavy atom. The fourth-order valence-electron chi connectivity index (χ4n) is 1.92. The zero-order chi connectivity index (χ0) is 12.6. The molecule has 0 radical (unpaired) electrons. The quantitative estimate of drug-likeness (QED) is 0.701. The van der Waals surface area contributed by atoms with Crippen molar-refractivity contribution in [2.45, 2.75) is 26.2 Å². The Morgan fingerprint density at radius 2 is 2.12 bits per heavy atom. The Morgan fingerprint density at radius 3 is 2.65 bits per heavy atom. The highest BCUT2D eigenvalue weighted by Gasteiger charge is 2.40. The number of hydrogen-bond donors (Lipinski definition) is 3. The zero-order valence-electron chi connectivity index (χ0n) is 10.2. The lowest BCUT2D eigenvalue weighted by atomic mass is 10.0. The number of nitrogen functional groups attached to an aromatic ring is 1. The summed E-state index contributed by atoms with van der Waals surface area (Å²) in [7, 11) is 1.53. The summed E-state index contributed by atoms with van der Waals surface area (Å²) < 4.78 is 1.23. The molecule has 94 valence electrons. The van der Waals surface area contributed by atoms with Crippen LogP contribution in [0.4, 0.5) is 11.5 Å². The molecule has 1 aliphatic carbocycles. The summed E-state index contributed by atoms with van der Waals surface area (Å²) in [4.78, 5) is 25.1. The molecule has 0 bridgehead atoms. The molecule has 0 saturated heterocycles. The Hall–Kier alpha value is -1.72. The molecule has 1 saturated carbocycles. The molecule has 4 N–H and O–H groups in total. The normalized spacial score (nSPS) is 16.8. The third-order valence-corrected chi connectivity index (χ3v) is 3.72. The summed E-state index contributed by atoms with van der Waals surface area (Å²) in [5.41, 5.74) is 5.43. The molecule has 0 atom stereocenters. The Labute approximate surface area is 98.8 Å². The second-order valence-corrected chi connectivity index (χ2v) is 4.79. The largest absolute Gasteiger partial charge is 0.383 e. The van der Waals surface area contributed by atoms with Crippen LogP contribution in [0, 0.1) is 5.41 Å². The molecule has 2 rings (SSSR count). The number of anilines is 2. The van der Waals surface area contributed by atoms with Crippen molar-refractivity contribution in [3.8, 4) is 0 Å². The Kier molecular flexibility index (Phi) is 2.73. The van der Waals surface area contributed by atoms with E-state index in [1.54, 1.807) is 0 Å². The van der Waals surface area contributed by atoms with Gasteiger partial charge in [0.05, 0.1) is 0 Å². The van der Waals surface area contributed by atoms with Gasteiger partial charge in [-0.15, -0.1) is 0 Å². The highest BCUT2D eigenvalue weighted by Crippen LogP contribution is 2.48. The number of H-pyrrole nitrogens is 1. The molecule has 0 amide bonds. The number of aromatic nitrogens is 2. The Bertz CT molecular complexity index is 539. The minimum Gasteiger partial charge on any atom is -0.383 e. The van der Waals surface area contributed by atoms with Gasteiger partial charge in [0.2, 0.25) is 0 Å². The van der Waals surface area contributed by atoms with Crippen LogP contribution in [-0.4, -0.2) is 16.1 Å². The molecule has 1 aliphatic rings. The molecule has 0 aromatic carbocycles. The second kappa shape index (κ2) is 3.94. The van der Waals surface area contributed by atoms with Crippen molar-refractivity contribution in [3.05, 3.63) is 20.8 Å². The summed E-state index contributed by atoms with van der Waals surface area (Å²) >= 11 is 0. The fraction of sp³-hybridized carbons (Fsp3) is 0.636. The summed E-state index contributed by atoms with van der Waals surface area (Å²) in [5, 5.41) is 3.07. The molecule has 1 heterocycles. The van der Waals surface area contributed by atoms with Gasteiger partial charge in [0, 0.05) is 13.6 Å². The lowest BCUT2D eigenvalue weighted by Crippen LogP contribution is -2.33. The lowest BCUT2D eigenvalue weighted by Gasteiger charge is -2.15. The molecular weight excluding hydrogens is 220 g/mol. The average Bonchev–Trinajstić information content (AvgIpc) is 3.07. The maximum Gasteiger partial charge on any atom is 0.329 e. The summed E-state index contributed by atoms with van der Waals surface area (Å²) in [6.07, 6.45) is 3.45. The lowest BCUT2D eigenvalue weighted by molar-refractivity contribution is 0.521. The fourth-order valence-corrected chi connectivity index (χ4v) is 1.92. The van der Waals surface area contributed by atoms with Crippen LogP contribution in [-0.2, 0) is 7.05 Å². The van der Waals surface area contributed by atoms with E-state index in [-0.39, 0.29) is 5.82 Å². The van der Waals surface area contributed by atoms with E-state index in [0.29, 0.717) is 11.1 Å². The molecule has 0 spiro atoms. The van der Waals surface area contributed by atoms with Crippen LogP contribution in [0.5, 0.6) is 0 Å².